The maximum atomic E-state index is 5.76. The molecule has 1 unspecified atom stereocenters. The normalized spacial score (nSPS) is 19.9. The zero-order chi connectivity index (χ0) is 9.47. The van der Waals surface area contributed by atoms with Crippen molar-refractivity contribution in [2.24, 2.45) is 5.73 Å². The Morgan fingerprint density at radius 1 is 1.23 bits per heavy atom. The Morgan fingerprint density at radius 2 is 1.69 bits per heavy atom. The molecule has 3 nitrogen and oxygen atoms in total. The second-order valence-electron chi connectivity index (χ2n) is 3.46. The largest absolute Gasteiger partial charge is 0.447 e. The molecule has 1 aliphatic rings. The molecule has 2 rings (SSSR count). The van der Waals surface area contributed by atoms with Gasteiger partial charge in [0, 0.05) is 6.92 Å². The molecule has 0 radical (unpaired) electrons. The van der Waals surface area contributed by atoms with Crippen LogP contribution in [0.1, 0.15) is 13.8 Å². The smallest absolute Gasteiger partial charge is 0.263 e. The van der Waals surface area contributed by atoms with Crippen molar-refractivity contribution in [1.82, 2.24) is 0 Å². The molecule has 0 amide bonds. The third-order valence-corrected chi connectivity index (χ3v) is 2.30. The Balaban J connectivity index is 2.32. The monoisotopic (exact) mass is 179 g/mol. The van der Waals surface area contributed by atoms with Crippen molar-refractivity contribution < 1.29 is 9.47 Å². The highest BCUT2D eigenvalue weighted by molar-refractivity contribution is 5.42. The van der Waals surface area contributed by atoms with E-state index in [0.717, 1.165) is 11.5 Å². The van der Waals surface area contributed by atoms with E-state index in [1.54, 1.807) is 0 Å². The highest BCUT2D eigenvalue weighted by Crippen LogP contribution is 2.39. The minimum absolute atomic E-state index is 0.167. The van der Waals surface area contributed by atoms with Crippen LogP contribution in [0.3, 0.4) is 0 Å². The summed E-state index contributed by atoms with van der Waals surface area (Å²) in [4.78, 5) is 0. The van der Waals surface area contributed by atoms with Gasteiger partial charge in [-0.05, 0) is 19.1 Å². The number of benzene rings is 1. The standard InChI is InChI=1S/C10H13NO2/c1-7(11)10(2)12-8-5-3-4-6-9(8)13-10/h3-7H,11H2,1-2H3. The SMILES string of the molecule is CC(N)C1(C)Oc2ccccc2O1. The predicted molar refractivity (Wildman–Crippen MR) is 49.8 cm³/mol. The van der Waals surface area contributed by atoms with Crippen molar-refractivity contribution in [1.29, 1.82) is 0 Å². The lowest BCUT2D eigenvalue weighted by atomic mass is 10.2. The summed E-state index contributed by atoms with van der Waals surface area (Å²) < 4.78 is 11.2. The highest BCUT2D eigenvalue weighted by Gasteiger charge is 2.39. The number of hydrogen-bond donors (Lipinski definition) is 1. The molecule has 2 N–H and O–H groups in total. The molecule has 1 aromatic rings. The van der Waals surface area contributed by atoms with Gasteiger partial charge in [-0.15, -0.1) is 0 Å². The highest BCUT2D eigenvalue weighted by atomic mass is 16.7. The van der Waals surface area contributed by atoms with Crippen molar-refractivity contribution in [2.45, 2.75) is 25.7 Å². The third-order valence-electron chi connectivity index (χ3n) is 2.30. The van der Waals surface area contributed by atoms with E-state index in [0.29, 0.717) is 0 Å². The van der Waals surface area contributed by atoms with Crippen LogP contribution in [0.15, 0.2) is 24.3 Å². The van der Waals surface area contributed by atoms with Gasteiger partial charge in [0.2, 0.25) is 0 Å². The number of hydrogen-bond acceptors (Lipinski definition) is 3. The van der Waals surface area contributed by atoms with Crippen molar-refractivity contribution in [3.05, 3.63) is 24.3 Å². The Hall–Kier alpha value is -1.22. The zero-order valence-electron chi connectivity index (χ0n) is 7.78. The van der Waals surface area contributed by atoms with Gasteiger partial charge in [-0.1, -0.05) is 12.1 Å². The van der Waals surface area contributed by atoms with Crippen LogP contribution < -0.4 is 15.2 Å². The van der Waals surface area contributed by atoms with Gasteiger partial charge < -0.3 is 15.2 Å². The fraction of sp³-hybridized carbons (Fsp3) is 0.400. The van der Waals surface area contributed by atoms with Crippen LogP contribution in [0.4, 0.5) is 0 Å². The molecule has 0 spiro atoms. The lowest BCUT2D eigenvalue weighted by molar-refractivity contribution is -0.0776. The summed E-state index contributed by atoms with van der Waals surface area (Å²) in [6.07, 6.45) is 0. The van der Waals surface area contributed by atoms with Crippen LogP contribution in [-0.4, -0.2) is 11.8 Å². The maximum Gasteiger partial charge on any atom is 0.263 e. The molecule has 1 aliphatic heterocycles. The number of rotatable bonds is 1. The first-order valence-corrected chi connectivity index (χ1v) is 4.34. The van der Waals surface area contributed by atoms with Gasteiger partial charge in [0.15, 0.2) is 11.5 Å². The molecular formula is C10H13NO2. The minimum Gasteiger partial charge on any atom is -0.447 e. The van der Waals surface area contributed by atoms with Gasteiger partial charge in [0.1, 0.15) is 0 Å². The van der Waals surface area contributed by atoms with Crippen molar-refractivity contribution in [3.8, 4) is 11.5 Å². The first-order valence-electron chi connectivity index (χ1n) is 4.34. The Morgan fingerprint density at radius 3 is 2.08 bits per heavy atom. The maximum absolute atomic E-state index is 5.76. The Bertz CT molecular complexity index is 297. The van der Waals surface area contributed by atoms with Crippen LogP contribution >= 0.6 is 0 Å². The average Bonchev–Trinajstić information content (AvgIpc) is 2.42. The molecule has 1 heterocycles. The topological polar surface area (TPSA) is 44.5 Å². The van der Waals surface area contributed by atoms with E-state index in [2.05, 4.69) is 0 Å². The van der Waals surface area contributed by atoms with Crippen molar-refractivity contribution >= 4 is 0 Å². The second kappa shape index (κ2) is 2.64. The van der Waals surface area contributed by atoms with Crippen LogP contribution in [0.2, 0.25) is 0 Å². The summed E-state index contributed by atoms with van der Waals surface area (Å²) in [6, 6.07) is 7.41. The summed E-state index contributed by atoms with van der Waals surface area (Å²) in [5.74, 6) is 0.813. The van der Waals surface area contributed by atoms with E-state index >= 15 is 0 Å². The molecule has 0 fully saturated rings. The van der Waals surface area contributed by atoms with Crippen LogP contribution in [0.25, 0.3) is 0 Å². The number of para-hydroxylation sites is 2. The van der Waals surface area contributed by atoms with Gasteiger partial charge in [-0.3, -0.25) is 0 Å². The number of nitrogens with two attached hydrogens (primary N) is 1. The first kappa shape index (κ1) is 8.38. The number of ether oxygens (including phenoxy) is 2. The molecule has 0 saturated heterocycles. The first-order chi connectivity index (χ1) is 6.12. The Labute approximate surface area is 77.5 Å². The predicted octanol–water partition coefficient (Wildman–Crippen LogP) is 1.52. The van der Waals surface area contributed by atoms with Gasteiger partial charge in [-0.2, -0.15) is 0 Å². The van der Waals surface area contributed by atoms with E-state index < -0.39 is 5.79 Å². The van der Waals surface area contributed by atoms with Crippen molar-refractivity contribution in [2.75, 3.05) is 0 Å². The average molecular weight is 179 g/mol. The van der Waals surface area contributed by atoms with E-state index in [-0.39, 0.29) is 6.04 Å². The van der Waals surface area contributed by atoms with Gasteiger partial charge in [-0.25, -0.2) is 0 Å². The molecule has 3 heteroatoms. The molecule has 0 aromatic heterocycles. The summed E-state index contributed by atoms with van der Waals surface area (Å²) in [6.45, 7) is 3.71. The molecular weight excluding hydrogens is 166 g/mol. The second-order valence-corrected chi connectivity index (χ2v) is 3.46. The Kier molecular flexibility index (Phi) is 1.70. The fourth-order valence-electron chi connectivity index (χ4n) is 1.26. The molecule has 1 aromatic carbocycles. The third kappa shape index (κ3) is 1.25. The molecule has 0 saturated carbocycles. The van der Waals surface area contributed by atoms with E-state index in [1.165, 1.54) is 0 Å². The molecule has 1 atom stereocenters. The summed E-state index contributed by atoms with van der Waals surface area (Å²) in [7, 11) is 0. The van der Waals surface area contributed by atoms with E-state index in [9.17, 15) is 0 Å². The lowest BCUT2D eigenvalue weighted by Gasteiger charge is -2.26. The van der Waals surface area contributed by atoms with Gasteiger partial charge in [0.05, 0.1) is 6.04 Å². The van der Waals surface area contributed by atoms with Crippen LogP contribution in [0.5, 0.6) is 11.5 Å². The fourth-order valence-corrected chi connectivity index (χ4v) is 1.26. The van der Waals surface area contributed by atoms with E-state index in [4.69, 9.17) is 15.2 Å². The van der Waals surface area contributed by atoms with Gasteiger partial charge >= 0.3 is 0 Å². The summed E-state index contributed by atoms with van der Waals surface area (Å²) in [5.41, 5.74) is 5.76. The summed E-state index contributed by atoms with van der Waals surface area (Å²) >= 11 is 0. The number of fused-ring (bicyclic) bond motifs is 1. The van der Waals surface area contributed by atoms with Crippen molar-refractivity contribution in [3.63, 3.8) is 0 Å². The molecule has 0 bridgehead atoms. The quantitative estimate of drug-likeness (QED) is 0.710. The molecule has 70 valence electrons. The van der Waals surface area contributed by atoms with E-state index in [1.807, 2.05) is 38.1 Å². The molecule has 13 heavy (non-hydrogen) atoms. The van der Waals surface area contributed by atoms with Gasteiger partial charge in [0.25, 0.3) is 5.79 Å². The van der Waals surface area contributed by atoms with Crippen LogP contribution in [-0.2, 0) is 0 Å². The summed E-state index contributed by atoms with van der Waals surface area (Å²) in [5, 5.41) is 0. The lowest BCUT2D eigenvalue weighted by Crippen LogP contribution is -2.50. The zero-order valence-corrected chi connectivity index (χ0v) is 7.78. The van der Waals surface area contributed by atoms with Crippen LogP contribution in [0, 0.1) is 0 Å². The minimum atomic E-state index is -0.719. The molecule has 0 aliphatic carbocycles.